The number of Topliss-reactive ketones (excluding diaryl/α,β-unsaturated/α-hetero) is 4. The van der Waals surface area contributed by atoms with E-state index in [9.17, 15) is 33.6 Å². The van der Waals surface area contributed by atoms with E-state index in [0.717, 1.165) is 26.0 Å². The lowest BCUT2D eigenvalue weighted by atomic mass is 10.1. The Kier molecular flexibility index (Phi) is 52.6. The molecule has 0 saturated carbocycles. The molecule has 0 saturated heterocycles. The highest BCUT2D eigenvalue weighted by molar-refractivity contribution is 5.96. The molecule has 1 aromatic rings. The fraction of sp³-hybridized carbons (Fsp3) is 0.639. The Morgan fingerprint density at radius 2 is 1.06 bits per heavy atom. The van der Waals surface area contributed by atoms with Gasteiger partial charge in [0.05, 0.1) is 20.1 Å². The van der Waals surface area contributed by atoms with Crippen molar-refractivity contribution in [2.75, 3.05) is 34.0 Å². The van der Waals surface area contributed by atoms with Crippen LogP contribution >= 0.6 is 0 Å². The van der Waals surface area contributed by atoms with Crippen LogP contribution in [0.5, 0.6) is 0 Å². The van der Waals surface area contributed by atoms with Crippen molar-refractivity contribution in [2.45, 2.75) is 122 Å². The highest BCUT2D eigenvalue weighted by atomic mass is 16.5. The number of ether oxygens (including phenoxy) is 3. The predicted molar refractivity (Wildman–Crippen MR) is 188 cm³/mol. The molecule has 1 amide bonds. The second-order valence-electron chi connectivity index (χ2n) is 9.78. The van der Waals surface area contributed by atoms with E-state index < -0.39 is 0 Å². The third kappa shape index (κ3) is 80.0. The molecule has 274 valence electrons. The van der Waals surface area contributed by atoms with Crippen LogP contribution in [-0.4, -0.2) is 75.0 Å². The summed E-state index contributed by atoms with van der Waals surface area (Å²) in [6.45, 7) is 22.5. The van der Waals surface area contributed by atoms with Gasteiger partial charge in [-0.15, -0.1) is 0 Å². The first-order valence-electron chi connectivity index (χ1n) is 15.8. The molecule has 0 aliphatic carbocycles. The van der Waals surface area contributed by atoms with Gasteiger partial charge in [0.1, 0.15) is 23.1 Å². The maximum Gasteiger partial charge on any atom is 0.305 e. The van der Waals surface area contributed by atoms with Crippen molar-refractivity contribution >= 4 is 41.0 Å². The Morgan fingerprint density at radius 3 is 1.21 bits per heavy atom. The average Bonchev–Trinajstić information content (AvgIpc) is 2.99. The number of carbonyl (C=O) groups excluding carboxylic acids is 7. The lowest BCUT2D eigenvalue weighted by Gasteiger charge is -2.02. The molecule has 0 aromatic heterocycles. The van der Waals surface area contributed by atoms with E-state index in [4.69, 9.17) is 9.47 Å². The Morgan fingerprint density at radius 1 is 0.638 bits per heavy atom. The molecular weight excluding hydrogens is 606 g/mol. The van der Waals surface area contributed by atoms with E-state index in [1.165, 1.54) is 45.9 Å². The van der Waals surface area contributed by atoms with E-state index in [2.05, 4.69) is 48.2 Å². The molecule has 0 radical (unpaired) electrons. The molecule has 0 aliphatic heterocycles. The molecule has 1 rings (SSSR count). The summed E-state index contributed by atoms with van der Waals surface area (Å²) in [6.07, 6.45) is 3.80. The van der Waals surface area contributed by atoms with Gasteiger partial charge in [0.15, 0.2) is 0 Å². The van der Waals surface area contributed by atoms with Gasteiger partial charge in [0.2, 0.25) is 5.91 Å². The van der Waals surface area contributed by atoms with Crippen LogP contribution in [0.1, 0.15) is 119 Å². The number of hydrogen-bond acceptors (Lipinski definition) is 10. The SMILES string of the molecule is CC(=O)CC(C)=O.CC(=O)OCCc1ccc(C)cc1.CCC(=O)OC.CCC(C)=O.CCC(C)=O.CCCOC.CCNC(C)=O. The fourth-order valence-electron chi connectivity index (χ4n) is 2.02. The van der Waals surface area contributed by atoms with Crippen LogP contribution in [0.25, 0.3) is 0 Å². The van der Waals surface area contributed by atoms with E-state index >= 15 is 0 Å². The second-order valence-corrected chi connectivity index (χ2v) is 9.78. The summed E-state index contributed by atoms with van der Waals surface area (Å²) in [5, 5.41) is 2.57. The molecule has 0 spiro atoms. The normalized spacial score (nSPS) is 8.38. The van der Waals surface area contributed by atoms with Crippen molar-refractivity contribution in [2.24, 2.45) is 0 Å². The van der Waals surface area contributed by atoms with E-state index in [0.29, 0.717) is 25.9 Å². The zero-order valence-electron chi connectivity index (χ0n) is 31.8. The highest BCUT2D eigenvalue weighted by Gasteiger charge is 1.95. The molecule has 0 heterocycles. The van der Waals surface area contributed by atoms with Gasteiger partial charge in [-0.3, -0.25) is 24.0 Å². The van der Waals surface area contributed by atoms with Crippen LogP contribution in [0, 0.1) is 6.92 Å². The number of ketones is 4. The number of nitrogens with one attached hydrogen (secondary N) is 1. The topological polar surface area (TPSA) is 159 Å². The number of amides is 1. The number of rotatable bonds is 11. The second kappa shape index (κ2) is 44.4. The minimum absolute atomic E-state index is 0.0394. The highest BCUT2D eigenvalue weighted by Crippen LogP contribution is 2.03. The molecule has 0 unspecified atom stereocenters. The number of esters is 2. The number of methoxy groups -OCH3 is 2. The fourth-order valence-corrected chi connectivity index (χ4v) is 2.02. The standard InChI is InChI=1S/C11H14O2.C5H8O2.C4H9NO.C4H8O2.C4H10O.2C4H8O/c1-9-3-5-11(6-4-9)7-8-13-10(2)12;1-4(6)3-5(2)7;1-3-5-4(2)6;1-3-4(5)6-2;1-3-4-5-2;2*1-3-4(2)5/h3-6H,7-8H2,1-2H3;3H2,1-2H3;3H2,1-2H3,(H,5,6);3H2,1-2H3;3-4H2,1-2H3;2*3H2,1-2H3. The Bertz CT molecular complexity index is 908. The minimum Gasteiger partial charge on any atom is -0.469 e. The summed E-state index contributed by atoms with van der Waals surface area (Å²) in [7, 11) is 3.09. The molecule has 11 heteroatoms. The van der Waals surface area contributed by atoms with Crippen molar-refractivity contribution in [1.29, 1.82) is 0 Å². The summed E-state index contributed by atoms with van der Waals surface area (Å²) >= 11 is 0. The van der Waals surface area contributed by atoms with Crippen LogP contribution < -0.4 is 5.32 Å². The molecule has 1 aromatic carbocycles. The third-order valence-electron chi connectivity index (χ3n) is 4.66. The van der Waals surface area contributed by atoms with Gasteiger partial charge in [-0.05, 0) is 53.5 Å². The van der Waals surface area contributed by atoms with Gasteiger partial charge in [0.25, 0.3) is 0 Å². The first-order valence-corrected chi connectivity index (χ1v) is 15.8. The Balaban J connectivity index is -0.000000109. The molecule has 0 atom stereocenters. The van der Waals surface area contributed by atoms with Gasteiger partial charge >= 0.3 is 11.9 Å². The lowest BCUT2D eigenvalue weighted by molar-refractivity contribution is -0.141. The number of aryl methyl sites for hydroxylation is 1. The molecule has 47 heavy (non-hydrogen) atoms. The third-order valence-corrected chi connectivity index (χ3v) is 4.66. The summed E-state index contributed by atoms with van der Waals surface area (Å²) < 4.78 is 13.8. The minimum atomic E-state index is -0.216. The van der Waals surface area contributed by atoms with Crippen molar-refractivity contribution in [3.63, 3.8) is 0 Å². The summed E-state index contributed by atoms with van der Waals surface area (Å²) in [5.74, 6) is 0.0506. The van der Waals surface area contributed by atoms with Gasteiger partial charge in [-0.25, -0.2) is 0 Å². The maximum absolute atomic E-state index is 10.5. The first kappa shape index (κ1) is 55.7. The quantitative estimate of drug-likeness (QED) is 0.207. The van der Waals surface area contributed by atoms with E-state index in [1.807, 2.05) is 20.8 Å². The molecule has 0 bridgehead atoms. The smallest absolute Gasteiger partial charge is 0.305 e. The van der Waals surface area contributed by atoms with Crippen LogP contribution in [0.2, 0.25) is 0 Å². The molecule has 1 N–H and O–H groups in total. The van der Waals surface area contributed by atoms with Crippen LogP contribution in [0.15, 0.2) is 24.3 Å². The van der Waals surface area contributed by atoms with Crippen LogP contribution in [-0.2, 0) is 54.2 Å². The average molecular weight is 672 g/mol. The maximum atomic E-state index is 10.5. The van der Waals surface area contributed by atoms with E-state index in [1.54, 1.807) is 27.9 Å². The lowest BCUT2D eigenvalue weighted by Crippen LogP contribution is -2.18. The van der Waals surface area contributed by atoms with Gasteiger partial charge < -0.3 is 29.1 Å². The zero-order chi connectivity index (χ0) is 38.2. The predicted octanol–water partition coefficient (Wildman–Crippen LogP) is 6.38. The van der Waals surface area contributed by atoms with Crippen molar-refractivity contribution in [3.05, 3.63) is 35.4 Å². The van der Waals surface area contributed by atoms with Crippen molar-refractivity contribution < 1.29 is 47.8 Å². The van der Waals surface area contributed by atoms with Gasteiger partial charge in [0, 0.05) is 59.8 Å². The molecule has 11 nitrogen and oxygen atoms in total. The first-order chi connectivity index (χ1) is 21.8. The summed E-state index contributed by atoms with van der Waals surface area (Å²) in [4.78, 5) is 70.0. The van der Waals surface area contributed by atoms with Gasteiger partial charge in [-0.1, -0.05) is 57.5 Å². The number of carbonyl (C=O) groups is 7. The zero-order valence-corrected chi connectivity index (χ0v) is 31.8. The summed E-state index contributed by atoms with van der Waals surface area (Å²) in [6, 6.07) is 8.23. The van der Waals surface area contributed by atoms with Crippen LogP contribution in [0.3, 0.4) is 0 Å². The monoisotopic (exact) mass is 671 g/mol. The molecule has 0 aliphatic rings. The van der Waals surface area contributed by atoms with Crippen LogP contribution in [0.4, 0.5) is 0 Å². The number of hydrogen-bond donors (Lipinski definition) is 1. The molecular formula is C36H65NO10. The van der Waals surface area contributed by atoms with E-state index in [-0.39, 0.29) is 47.4 Å². The molecule has 0 fully saturated rings. The van der Waals surface area contributed by atoms with Crippen molar-refractivity contribution in [3.8, 4) is 0 Å². The van der Waals surface area contributed by atoms with Gasteiger partial charge in [-0.2, -0.15) is 0 Å². The summed E-state index contributed by atoms with van der Waals surface area (Å²) in [5.41, 5.74) is 2.45. The number of benzene rings is 1. The Labute approximate surface area is 284 Å². The Hall–Kier alpha value is -3.73. The largest absolute Gasteiger partial charge is 0.469 e. The van der Waals surface area contributed by atoms with Crippen molar-refractivity contribution in [1.82, 2.24) is 5.32 Å².